The Bertz CT molecular complexity index is 408. The van der Waals surface area contributed by atoms with Gasteiger partial charge >= 0.3 is 0 Å². The van der Waals surface area contributed by atoms with Crippen LogP contribution in [0.2, 0.25) is 0 Å². The van der Waals surface area contributed by atoms with Crippen LogP contribution in [0.25, 0.3) is 0 Å². The zero-order valence-corrected chi connectivity index (χ0v) is 12.4. The van der Waals surface area contributed by atoms with E-state index in [-0.39, 0.29) is 11.0 Å². The minimum Gasteiger partial charge on any atom is -0.373 e. The van der Waals surface area contributed by atoms with E-state index < -0.39 is 0 Å². The Balaban J connectivity index is 2.35. The molecule has 0 saturated carbocycles. The first-order chi connectivity index (χ1) is 8.60. The normalized spacial score (nSPS) is 25.3. The monoisotopic (exact) mass is 266 g/mol. The molecule has 1 aliphatic heterocycles. The summed E-state index contributed by atoms with van der Waals surface area (Å²) in [5.41, 5.74) is 3.78. The van der Waals surface area contributed by atoms with Gasteiger partial charge in [0.1, 0.15) is 0 Å². The van der Waals surface area contributed by atoms with E-state index in [4.69, 9.17) is 16.3 Å². The molecule has 1 aromatic carbocycles. The first-order valence-corrected chi connectivity index (χ1v) is 7.44. The summed E-state index contributed by atoms with van der Waals surface area (Å²) < 4.78 is 5.90. The van der Waals surface area contributed by atoms with E-state index in [0.717, 1.165) is 32.3 Å². The Morgan fingerprint density at radius 1 is 1.33 bits per heavy atom. The SMILES string of the molecule is CCc1ccc(CC)c(C(Cl)C2(C)CCCO2)c1. The first kappa shape index (κ1) is 13.9. The lowest BCUT2D eigenvalue weighted by molar-refractivity contribution is 0.0162. The molecule has 2 atom stereocenters. The highest BCUT2D eigenvalue weighted by Gasteiger charge is 2.38. The third-order valence-corrected chi connectivity index (χ3v) is 4.75. The molecule has 2 heteroatoms. The minimum absolute atomic E-state index is 0.0403. The van der Waals surface area contributed by atoms with Crippen LogP contribution in [0.3, 0.4) is 0 Å². The highest BCUT2D eigenvalue weighted by atomic mass is 35.5. The lowest BCUT2D eigenvalue weighted by Crippen LogP contribution is -2.29. The lowest BCUT2D eigenvalue weighted by Gasteiger charge is -2.30. The van der Waals surface area contributed by atoms with E-state index in [2.05, 4.69) is 39.0 Å². The number of rotatable bonds is 4. The maximum Gasteiger partial charge on any atom is 0.0875 e. The predicted molar refractivity (Wildman–Crippen MR) is 77.4 cm³/mol. The predicted octanol–water partition coefficient (Wildman–Crippen LogP) is 4.66. The van der Waals surface area contributed by atoms with Crippen LogP contribution in [-0.2, 0) is 17.6 Å². The number of hydrogen-bond acceptors (Lipinski definition) is 1. The molecule has 1 aliphatic rings. The molecule has 1 saturated heterocycles. The van der Waals surface area contributed by atoms with Crippen molar-refractivity contribution in [3.8, 4) is 0 Å². The van der Waals surface area contributed by atoms with Crippen LogP contribution in [0.5, 0.6) is 0 Å². The van der Waals surface area contributed by atoms with E-state index in [9.17, 15) is 0 Å². The molecule has 0 spiro atoms. The van der Waals surface area contributed by atoms with Gasteiger partial charge in [0.25, 0.3) is 0 Å². The highest BCUT2D eigenvalue weighted by Crippen LogP contribution is 2.43. The van der Waals surface area contributed by atoms with Crippen LogP contribution in [0.4, 0.5) is 0 Å². The van der Waals surface area contributed by atoms with Gasteiger partial charge in [-0.1, -0.05) is 32.0 Å². The molecule has 2 rings (SSSR count). The Hall–Kier alpha value is -0.530. The molecule has 0 radical (unpaired) electrons. The number of hydrogen-bond donors (Lipinski definition) is 0. The van der Waals surface area contributed by atoms with Gasteiger partial charge in [0.15, 0.2) is 0 Å². The Labute approximate surface area is 115 Å². The van der Waals surface area contributed by atoms with Crippen molar-refractivity contribution >= 4 is 11.6 Å². The molecule has 0 bridgehead atoms. The van der Waals surface area contributed by atoms with Crippen LogP contribution in [0, 0.1) is 0 Å². The van der Waals surface area contributed by atoms with Gasteiger partial charge in [0, 0.05) is 6.61 Å². The fourth-order valence-electron chi connectivity index (χ4n) is 2.75. The first-order valence-electron chi connectivity index (χ1n) is 7.00. The molecule has 0 aliphatic carbocycles. The molecule has 0 aromatic heterocycles. The second-order valence-electron chi connectivity index (χ2n) is 5.37. The van der Waals surface area contributed by atoms with Crippen molar-refractivity contribution in [3.05, 3.63) is 34.9 Å². The summed E-state index contributed by atoms with van der Waals surface area (Å²) >= 11 is 6.74. The van der Waals surface area contributed by atoms with Gasteiger partial charge in [-0.2, -0.15) is 0 Å². The van der Waals surface area contributed by atoms with Gasteiger partial charge in [-0.05, 0) is 49.3 Å². The van der Waals surface area contributed by atoms with Gasteiger partial charge < -0.3 is 4.74 Å². The number of alkyl halides is 1. The third-order valence-electron chi connectivity index (χ3n) is 4.06. The molecule has 0 amide bonds. The van der Waals surface area contributed by atoms with E-state index in [1.165, 1.54) is 16.7 Å². The lowest BCUT2D eigenvalue weighted by atomic mass is 9.88. The molecule has 100 valence electrons. The molecule has 0 N–H and O–H groups in total. The molecule has 1 aromatic rings. The molecular formula is C16H23ClO. The van der Waals surface area contributed by atoms with E-state index in [1.807, 2.05) is 0 Å². The van der Waals surface area contributed by atoms with E-state index in [0.29, 0.717) is 0 Å². The summed E-state index contributed by atoms with van der Waals surface area (Å²) in [5, 5.41) is -0.0403. The molecular weight excluding hydrogens is 244 g/mol. The quantitative estimate of drug-likeness (QED) is 0.720. The summed E-state index contributed by atoms with van der Waals surface area (Å²) in [7, 11) is 0. The van der Waals surface area contributed by atoms with Gasteiger partial charge in [0.2, 0.25) is 0 Å². The van der Waals surface area contributed by atoms with Crippen molar-refractivity contribution in [2.45, 2.75) is 57.4 Å². The summed E-state index contributed by atoms with van der Waals surface area (Å²) in [6.07, 6.45) is 4.26. The molecule has 1 heterocycles. The van der Waals surface area contributed by atoms with Gasteiger partial charge in [0.05, 0.1) is 11.0 Å². The van der Waals surface area contributed by atoms with E-state index in [1.54, 1.807) is 0 Å². The minimum atomic E-state index is -0.197. The fourth-order valence-corrected chi connectivity index (χ4v) is 3.13. The average Bonchev–Trinajstić information content (AvgIpc) is 2.85. The van der Waals surface area contributed by atoms with Crippen molar-refractivity contribution in [3.63, 3.8) is 0 Å². The van der Waals surface area contributed by atoms with Crippen LogP contribution >= 0.6 is 11.6 Å². The smallest absolute Gasteiger partial charge is 0.0875 e. The van der Waals surface area contributed by atoms with Crippen LogP contribution in [0.15, 0.2) is 18.2 Å². The fraction of sp³-hybridized carbons (Fsp3) is 0.625. The zero-order valence-electron chi connectivity index (χ0n) is 11.6. The summed E-state index contributed by atoms with van der Waals surface area (Å²) in [6, 6.07) is 6.70. The highest BCUT2D eigenvalue weighted by molar-refractivity contribution is 6.21. The summed E-state index contributed by atoms with van der Waals surface area (Å²) in [6.45, 7) is 7.36. The third kappa shape index (κ3) is 2.57. The maximum atomic E-state index is 6.74. The zero-order chi connectivity index (χ0) is 13.2. The van der Waals surface area contributed by atoms with Gasteiger partial charge in [-0.3, -0.25) is 0 Å². The second kappa shape index (κ2) is 5.63. The Morgan fingerprint density at radius 3 is 2.67 bits per heavy atom. The largest absolute Gasteiger partial charge is 0.373 e. The van der Waals surface area contributed by atoms with E-state index >= 15 is 0 Å². The average molecular weight is 267 g/mol. The van der Waals surface area contributed by atoms with Crippen LogP contribution in [0.1, 0.15) is 55.7 Å². The molecule has 18 heavy (non-hydrogen) atoms. The van der Waals surface area contributed by atoms with Crippen molar-refractivity contribution in [2.75, 3.05) is 6.61 Å². The molecule has 2 unspecified atom stereocenters. The molecule has 1 fully saturated rings. The number of benzene rings is 1. The topological polar surface area (TPSA) is 9.23 Å². The number of halogens is 1. The van der Waals surface area contributed by atoms with Crippen molar-refractivity contribution in [2.24, 2.45) is 0 Å². The van der Waals surface area contributed by atoms with Crippen molar-refractivity contribution in [1.29, 1.82) is 0 Å². The number of ether oxygens (including phenoxy) is 1. The second-order valence-corrected chi connectivity index (χ2v) is 5.80. The summed E-state index contributed by atoms with van der Waals surface area (Å²) in [5.74, 6) is 0. The standard InChI is InChI=1S/C16H23ClO/c1-4-12-7-8-13(5-2)14(11-12)15(17)16(3)9-6-10-18-16/h7-8,11,15H,4-6,9-10H2,1-3H3. The summed E-state index contributed by atoms with van der Waals surface area (Å²) in [4.78, 5) is 0. The van der Waals surface area contributed by atoms with Crippen LogP contribution in [-0.4, -0.2) is 12.2 Å². The Kier molecular flexibility index (Phi) is 4.34. The van der Waals surface area contributed by atoms with Crippen molar-refractivity contribution < 1.29 is 4.74 Å². The van der Waals surface area contributed by atoms with Gasteiger partial charge in [-0.25, -0.2) is 0 Å². The van der Waals surface area contributed by atoms with Crippen LogP contribution < -0.4 is 0 Å². The van der Waals surface area contributed by atoms with Crippen molar-refractivity contribution in [1.82, 2.24) is 0 Å². The van der Waals surface area contributed by atoms with Gasteiger partial charge in [-0.15, -0.1) is 11.6 Å². The molecule has 1 nitrogen and oxygen atoms in total. The Morgan fingerprint density at radius 2 is 2.11 bits per heavy atom. The number of aryl methyl sites for hydroxylation is 2. The maximum absolute atomic E-state index is 6.74.